The number of benzene rings is 1. The van der Waals surface area contributed by atoms with Crippen LogP contribution in [-0.4, -0.2) is 34.1 Å². The number of nitrogens with one attached hydrogen (secondary N) is 1. The van der Waals surface area contributed by atoms with Crippen LogP contribution in [0.3, 0.4) is 0 Å². The lowest BCUT2D eigenvalue weighted by molar-refractivity contribution is 0.0891. The van der Waals surface area contributed by atoms with Gasteiger partial charge < -0.3 is 10.1 Å². The van der Waals surface area contributed by atoms with Gasteiger partial charge in [-0.1, -0.05) is 29.3 Å². The lowest BCUT2D eigenvalue weighted by Gasteiger charge is -2.17. The van der Waals surface area contributed by atoms with Crippen molar-refractivity contribution in [3.63, 3.8) is 0 Å². The van der Waals surface area contributed by atoms with E-state index in [4.69, 9.17) is 9.88 Å². The highest BCUT2D eigenvalue weighted by Crippen LogP contribution is 2.19. The number of carbonyl (C=O) groups excluding carboxylic acids is 1. The molecule has 0 spiro atoms. The average Bonchev–Trinajstić information content (AvgIpc) is 2.37. The number of primary sulfonamides is 1. The number of halogens is 1. The van der Waals surface area contributed by atoms with Crippen molar-refractivity contribution in [1.82, 2.24) is 5.32 Å². The molecule has 0 aliphatic heterocycles. The van der Waals surface area contributed by atoms with Crippen molar-refractivity contribution in [2.45, 2.75) is 30.7 Å². The molecule has 3 N–H and O–H groups in total. The number of carbonyl (C=O) groups is 1. The normalized spacial score (nSPS) is 13.0. The van der Waals surface area contributed by atoms with E-state index in [1.807, 2.05) is 6.92 Å². The Morgan fingerprint density at radius 1 is 1.43 bits per heavy atom. The molecule has 0 bridgehead atoms. The molecule has 0 radical (unpaired) electrons. The van der Waals surface area contributed by atoms with Gasteiger partial charge in [0.2, 0.25) is 10.0 Å². The predicted octanol–water partition coefficient (Wildman–Crippen LogP) is 1.64. The predicted molar refractivity (Wildman–Crippen MR) is 83.6 cm³/mol. The van der Waals surface area contributed by atoms with Crippen LogP contribution in [-0.2, 0) is 14.8 Å². The third kappa shape index (κ3) is 5.74. The van der Waals surface area contributed by atoms with Gasteiger partial charge in [-0.3, -0.25) is 4.79 Å². The summed E-state index contributed by atoms with van der Waals surface area (Å²) in [7, 11) is -2.30. The van der Waals surface area contributed by atoms with Crippen molar-refractivity contribution in [1.29, 1.82) is 0 Å². The molecule has 0 aliphatic rings. The maximum Gasteiger partial charge on any atom is 0.251 e. The summed E-state index contributed by atoms with van der Waals surface area (Å²) in [5.41, 5.74) is 0.227. The fourth-order valence-electron chi connectivity index (χ4n) is 1.87. The van der Waals surface area contributed by atoms with Gasteiger partial charge in [-0.25, -0.2) is 13.6 Å². The van der Waals surface area contributed by atoms with E-state index < -0.39 is 10.0 Å². The monoisotopic (exact) mass is 378 g/mol. The molecule has 0 heterocycles. The zero-order chi connectivity index (χ0) is 16.0. The minimum atomic E-state index is -3.86. The molecule has 0 aromatic heterocycles. The largest absolute Gasteiger partial charge is 0.383 e. The first-order valence-corrected chi connectivity index (χ1v) is 8.75. The number of methoxy groups -OCH3 is 1. The zero-order valence-corrected chi connectivity index (χ0v) is 14.3. The molecular formula is C13H19BrN2O4S. The van der Waals surface area contributed by atoms with E-state index in [2.05, 4.69) is 21.2 Å². The highest BCUT2D eigenvalue weighted by molar-refractivity contribution is 9.10. The quantitative estimate of drug-likeness (QED) is 0.753. The van der Waals surface area contributed by atoms with E-state index in [-0.39, 0.29) is 22.4 Å². The number of hydrogen-bond donors (Lipinski definition) is 2. The number of sulfonamides is 1. The van der Waals surface area contributed by atoms with Crippen LogP contribution >= 0.6 is 15.9 Å². The Hall–Kier alpha value is -0.960. The smallest absolute Gasteiger partial charge is 0.251 e. The Balaban J connectivity index is 2.99. The van der Waals surface area contributed by atoms with Gasteiger partial charge in [-0.05, 0) is 24.6 Å². The second-order valence-electron chi connectivity index (χ2n) is 4.64. The van der Waals surface area contributed by atoms with Gasteiger partial charge in [0.1, 0.15) is 0 Å². The zero-order valence-electron chi connectivity index (χ0n) is 11.9. The summed E-state index contributed by atoms with van der Waals surface area (Å²) in [6.07, 6.45) is 1.67. The standard InChI is InChI=1S/C13H19BrN2O4S/c1-3-4-11(8-20-2)16-13(17)9-5-10(14)7-12(6-9)21(15,18)19/h5-7,11H,3-4,8H2,1-2H3,(H,16,17)(H2,15,18,19). The highest BCUT2D eigenvalue weighted by atomic mass is 79.9. The Kier molecular flexibility index (Phi) is 6.79. The van der Waals surface area contributed by atoms with Gasteiger partial charge >= 0.3 is 0 Å². The molecule has 8 heteroatoms. The van der Waals surface area contributed by atoms with Crippen molar-refractivity contribution < 1.29 is 17.9 Å². The summed E-state index contributed by atoms with van der Waals surface area (Å²) in [5.74, 6) is -0.364. The summed E-state index contributed by atoms with van der Waals surface area (Å²) in [6, 6.07) is 4.03. The number of amides is 1. The molecule has 21 heavy (non-hydrogen) atoms. The van der Waals surface area contributed by atoms with E-state index in [0.717, 1.165) is 12.8 Å². The van der Waals surface area contributed by atoms with Crippen molar-refractivity contribution in [2.24, 2.45) is 5.14 Å². The van der Waals surface area contributed by atoms with Crippen molar-refractivity contribution in [3.05, 3.63) is 28.2 Å². The Labute approximate surface area is 133 Å². The lowest BCUT2D eigenvalue weighted by Crippen LogP contribution is -2.38. The molecule has 0 aliphatic carbocycles. The molecule has 1 atom stereocenters. The van der Waals surface area contributed by atoms with Crippen LogP contribution < -0.4 is 10.5 Å². The molecule has 1 aromatic carbocycles. The van der Waals surface area contributed by atoms with E-state index in [1.54, 1.807) is 13.2 Å². The molecule has 0 saturated heterocycles. The Bertz CT molecular complexity index is 598. The number of ether oxygens (including phenoxy) is 1. The number of hydrogen-bond acceptors (Lipinski definition) is 4. The van der Waals surface area contributed by atoms with E-state index in [9.17, 15) is 13.2 Å². The molecule has 6 nitrogen and oxygen atoms in total. The Morgan fingerprint density at radius 2 is 2.10 bits per heavy atom. The van der Waals surface area contributed by atoms with Crippen LogP contribution in [0, 0.1) is 0 Å². The fraction of sp³-hybridized carbons (Fsp3) is 0.462. The van der Waals surface area contributed by atoms with Gasteiger partial charge in [-0.15, -0.1) is 0 Å². The topological polar surface area (TPSA) is 98.5 Å². The molecule has 1 aromatic rings. The molecular weight excluding hydrogens is 360 g/mol. The van der Waals surface area contributed by atoms with Crippen LogP contribution in [0.25, 0.3) is 0 Å². The molecule has 0 saturated carbocycles. The van der Waals surface area contributed by atoms with Gasteiger partial charge in [0.25, 0.3) is 5.91 Å². The summed E-state index contributed by atoms with van der Waals surface area (Å²) < 4.78 is 28.3. The first-order valence-electron chi connectivity index (χ1n) is 6.41. The van der Waals surface area contributed by atoms with Crippen LogP contribution in [0.2, 0.25) is 0 Å². The minimum Gasteiger partial charge on any atom is -0.383 e. The summed E-state index contributed by atoms with van der Waals surface area (Å²) in [4.78, 5) is 12.1. The van der Waals surface area contributed by atoms with Crippen LogP contribution in [0.4, 0.5) is 0 Å². The summed E-state index contributed by atoms with van der Waals surface area (Å²) >= 11 is 3.18. The third-order valence-corrected chi connectivity index (χ3v) is 4.15. The van der Waals surface area contributed by atoms with Crippen molar-refractivity contribution >= 4 is 31.9 Å². The molecule has 0 fully saturated rings. The van der Waals surface area contributed by atoms with Gasteiger partial charge in [0, 0.05) is 17.1 Å². The van der Waals surface area contributed by atoms with Crippen molar-refractivity contribution in [2.75, 3.05) is 13.7 Å². The van der Waals surface area contributed by atoms with E-state index >= 15 is 0 Å². The molecule has 1 unspecified atom stereocenters. The van der Waals surface area contributed by atoms with Crippen LogP contribution in [0.5, 0.6) is 0 Å². The average molecular weight is 379 g/mol. The van der Waals surface area contributed by atoms with Gasteiger partial charge in [-0.2, -0.15) is 0 Å². The summed E-state index contributed by atoms with van der Waals surface area (Å²) in [5, 5.41) is 7.91. The Morgan fingerprint density at radius 3 is 2.62 bits per heavy atom. The van der Waals surface area contributed by atoms with Crippen molar-refractivity contribution in [3.8, 4) is 0 Å². The second-order valence-corrected chi connectivity index (χ2v) is 7.11. The van der Waals surface area contributed by atoms with E-state index in [0.29, 0.717) is 11.1 Å². The van der Waals surface area contributed by atoms with Gasteiger partial charge in [0.15, 0.2) is 0 Å². The highest BCUT2D eigenvalue weighted by Gasteiger charge is 2.17. The molecule has 1 rings (SSSR count). The maximum atomic E-state index is 12.2. The lowest BCUT2D eigenvalue weighted by atomic mass is 10.1. The SMILES string of the molecule is CCCC(COC)NC(=O)c1cc(Br)cc(S(N)(=O)=O)c1. The summed E-state index contributed by atoms with van der Waals surface area (Å²) in [6.45, 7) is 2.41. The molecule has 118 valence electrons. The maximum absolute atomic E-state index is 12.2. The first kappa shape index (κ1) is 18.1. The fourth-order valence-corrected chi connectivity index (χ4v) is 3.10. The van der Waals surface area contributed by atoms with Crippen LogP contribution in [0.15, 0.2) is 27.6 Å². The number of rotatable bonds is 7. The minimum absolute atomic E-state index is 0.110. The second kappa shape index (κ2) is 7.88. The molecule has 1 amide bonds. The number of nitrogens with two attached hydrogens (primary N) is 1. The van der Waals surface area contributed by atoms with Gasteiger partial charge in [0.05, 0.1) is 17.5 Å². The third-order valence-electron chi connectivity index (χ3n) is 2.80. The van der Waals surface area contributed by atoms with E-state index in [1.165, 1.54) is 12.1 Å². The van der Waals surface area contributed by atoms with Crippen LogP contribution in [0.1, 0.15) is 30.1 Å². The first-order chi connectivity index (χ1) is 9.77.